The topological polar surface area (TPSA) is 64.2 Å². The Morgan fingerprint density at radius 3 is 2.15 bits per heavy atom. The lowest BCUT2D eigenvalue weighted by Crippen LogP contribution is -2.54. The third kappa shape index (κ3) is 4.88. The van der Waals surface area contributed by atoms with Crippen molar-refractivity contribution < 1.29 is 14.4 Å². The number of likely N-dealkylation sites (N-methyl/N-ethyl adjacent to an activating group) is 1. The molecule has 0 bridgehead atoms. The van der Waals surface area contributed by atoms with Gasteiger partial charge < -0.3 is 14.7 Å². The normalized spacial score (nSPS) is 26.2. The second-order valence-corrected chi connectivity index (χ2v) is 8.26. The van der Waals surface area contributed by atoms with Crippen molar-refractivity contribution >= 4 is 17.6 Å². The van der Waals surface area contributed by atoms with Crippen molar-refractivity contribution in [1.82, 2.24) is 19.6 Å². The number of rotatable bonds is 4. The predicted molar refractivity (Wildman–Crippen MR) is 103 cm³/mol. The molecule has 1 unspecified atom stereocenters. The quantitative estimate of drug-likeness (QED) is 0.665. The van der Waals surface area contributed by atoms with Crippen LogP contribution in [0.25, 0.3) is 0 Å². The summed E-state index contributed by atoms with van der Waals surface area (Å²) in [6.45, 7) is 8.55. The number of hydrogen-bond donors (Lipinski definition) is 0. The summed E-state index contributed by atoms with van der Waals surface area (Å²) in [7, 11) is 2.11. The highest BCUT2D eigenvalue weighted by Crippen LogP contribution is 2.25. The molecule has 1 atom stereocenters. The predicted octanol–water partition coefficient (Wildman–Crippen LogP) is 0.443. The number of piperazine rings is 1. The minimum absolute atomic E-state index is 0.114. The molecule has 3 aliphatic heterocycles. The zero-order valence-corrected chi connectivity index (χ0v) is 16.9. The van der Waals surface area contributed by atoms with Crippen LogP contribution in [0.1, 0.15) is 39.0 Å². The number of amides is 2. The van der Waals surface area contributed by atoms with E-state index >= 15 is 0 Å². The van der Waals surface area contributed by atoms with E-state index in [1.54, 1.807) is 11.8 Å². The summed E-state index contributed by atoms with van der Waals surface area (Å²) in [4.78, 5) is 45.1. The Morgan fingerprint density at radius 2 is 1.52 bits per heavy atom. The smallest absolute Gasteiger partial charge is 0.289 e. The summed E-state index contributed by atoms with van der Waals surface area (Å²) in [6, 6.07) is 0.425. The van der Waals surface area contributed by atoms with Crippen molar-refractivity contribution in [2.45, 2.75) is 45.1 Å². The van der Waals surface area contributed by atoms with Gasteiger partial charge in [0, 0.05) is 58.3 Å². The first kappa shape index (κ1) is 20.3. The number of ketones is 1. The van der Waals surface area contributed by atoms with Gasteiger partial charge in [0.05, 0.1) is 5.92 Å². The molecule has 3 saturated heterocycles. The number of piperidine rings is 2. The minimum atomic E-state index is -0.322. The van der Waals surface area contributed by atoms with Gasteiger partial charge in [0.25, 0.3) is 5.91 Å². The minimum Gasteiger partial charge on any atom is -0.340 e. The lowest BCUT2D eigenvalue weighted by molar-refractivity contribution is -0.145. The number of nitrogens with zero attached hydrogens (tertiary/aromatic N) is 4. The fourth-order valence-corrected chi connectivity index (χ4v) is 4.59. The SMILES string of the molecule is CCC(=O)C(=O)N1CCC(N2CCCC(C(=O)N3CCN(C)CC3)C2)CC1. The molecule has 7 heteroatoms. The van der Waals surface area contributed by atoms with Crippen LogP contribution in [-0.4, -0.2) is 103 Å². The molecule has 0 saturated carbocycles. The van der Waals surface area contributed by atoms with Crippen LogP contribution >= 0.6 is 0 Å². The maximum Gasteiger partial charge on any atom is 0.289 e. The first-order chi connectivity index (χ1) is 13.0. The Balaban J connectivity index is 1.49. The fraction of sp³-hybridized carbons (Fsp3) is 0.850. The Hall–Kier alpha value is -1.47. The number of hydrogen-bond acceptors (Lipinski definition) is 5. The second kappa shape index (κ2) is 9.15. The van der Waals surface area contributed by atoms with E-state index in [-0.39, 0.29) is 24.0 Å². The molecule has 152 valence electrons. The first-order valence-corrected chi connectivity index (χ1v) is 10.5. The Kier molecular flexibility index (Phi) is 6.87. The molecule has 0 spiro atoms. The first-order valence-electron chi connectivity index (χ1n) is 10.5. The van der Waals surface area contributed by atoms with Crippen molar-refractivity contribution in [2.75, 3.05) is 59.4 Å². The van der Waals surface area contributed by atoms with Gasteiger partial charge >= 0.3 is 0 Å². The van der Waals surface area contributed by atoms with Crippen molar-refractivity contribution in [3.8, 4) is 0 Å². The highest BCUT2D eigenvalue weighted by atomic mass is 16.2. The Labute approximate surface area is 162 Å². The van der Waals surface area contributed by atoms with Gasteiger partial charge in [-0.2, -0.15) is 0 Å². The largest absolute Gasteiger partial charge is 0.340 e. The molecule has 3 fully saturated rings. The van der Waals surface area contributed by atoms with Crippen LogP contribution in [0.15, 0.2) is 0 Å². The van der Waals surface area contributed by atoms with E-state index in [2.05, 4.69) is 16.8 Å². The number of likely N-dealkylation sites (tertiary alicyclic amines) is 2. The van der Waals surface area contributed by atoms with Gasteiger partial charge in [-0.15, -0.1) is 0 Å². The number of carbonyl (C=O) groups is 3. The molecule has 0 aliphatic carbocycles. The van der Waals surface area contributed by atoms with Crippen LogP contribution in [0.2, 0.25) is 0 Å². The molecule has 0 aromatic heterocycles. The average Bonchev–Trinajstić information content (AvgIpc) is 2.73. The van der Waals surface area contributed by atoms with Crippen molar-refractivity contribution in [3.05, 3.63) is 0 Å². The highest BCUT2D eigenvalue weighted by Gasteiger charge is 2.35. The van der Waals surface area contributed by atoms with Crippen molar-refractivity contribution in [3.63, 3.8) is 0 Å². The maximum atomic E-state index is 12.9. The van der Waals surface area contributed by atoms with Crippen LogP contribution in [0.3, 0.4) is 0 Å². The van der Waals surface area contributed by atoms with Gasteiger partial charge in [-0.1, -0.05) is 6.92 Å². The van der Waals surface area contributed by atoms with Gasteiger partial charge in [0.15, 0.2) is 0 Å². The van der Waals surface area contributed by atoms with E-state index in [0.29, 0.717) is 25.0 Å². The van der Waals surface area contributed by atoms with Gasteiger partial charge in [-0.3, -0.25) is 19.3 Å². The fourth-order valence-electron chi connectivity index (χ4n) is 4.59. The van der Waals surface area contributed by atoms with E-state index in [0.717, 1.165) is 65.0 Å². The van der Waals surface area contributed by atoms with Crippen molar-refractivity contribution in [1.29, 1.82) is 0 Å². The molecule has 0 radical (unpaired) electrons. The molecule has 2 amide bonds. The van der Waals surface area contributed by atoms with E-state index in [4.69, 9.17) is 0 Å². The van der Waals surface area contributed by atoms with Gasteiger partial charge in [-0.25, -0.2) is 0 Å². The van der Waals surface area contributed by atoms with E-state index in [1.807, 2.05) is 4.90 Å². The molecule has 0 aromatic carbocycles. The van der Waals surface area contributed by atoms with Crippen LogP contribution in [0, 0.1) is 5.92 Å². The molecule has 7 nitrogen and oxygen atoms in total. The molecule has 0 aromatic rings. The lowest BCUT2D eigenvalue weighted by atomic mass is 9.92. The van der Waals surface area contributed by atoms with E-state index in [1.165, 1.54) is 0 Å². The average molecular weight is 379 g/mol. The zero-order valence-electron chi connectivity index (χ0n) is 16.9. The molecular formula is C20H34N4O3. The maximum absolute atomic E-state index is 12.9. The van der Waals surface area contributed by atoms with Crippen LogP contribution in [0.5, 0.6) is 0 Å². The Morgan fingerprint density at radius 1 is 0.852 bits per heavy atom. The molecule has 3 heterocycles. The number of Topliss-reactive ketones (excluding diaryl/α,β-unsaturated/α-hetero) is 1. The molecule has 27 heavy (non-hydrogen) atoms. The van der Waals surface area contributed by atoms with Crippen LogP contribution in [-0.2, 0) is 14.4 Å². The summed E-state index contributed by atoms with van der Waals surface area (Å²) < 4.78 is 0. The van der Waals surface area contributed by atoms with Gasteiger partial charge in [0.2, 0.25) is 11.7 Å². The molecule has 0 N–H and O–H groups in total. The van der Waals surface area contributed by atoms with Crippen LogP contribution in [0.4, 0.5) is 0 Å². The van der Waals surface area contributed by atoms with Crippen LogP contribution < -0.4 is 0 Å². The second-order valence-electron chi connectivity index (χ2n) is 8.26. The highest BCUT2D eigenvalue weighted by molar-refractivity contribution is 6.35. The number of carbonyl (C=O) groups excluding carboxylic acids is 3. The monoisotopic (exact) mass is 378 g/mol. The third-order valence-corrected chi connectivity index (χ3v) is 6.44. The van der Waals surface area contributed by atoms with Crippen molar-refractivity contribution in [2.24, 2.45) is 5.92 Å². The van der Waals surface area contributed by atoms with E-state index < -0.39 is 0 Å². The summed E-state index contributed by atoms with van der Waals surface area (Å²) >= 11 is 0. The summed E-state index contributed by atoms with van der Waals surface area (Å²) in [6.07, 6.45) is 4.14. The molecule has 3 rings (SSSR count). The lowest BCUT2D eigenvalue weighted by Gasteiger charge is -2.43. The zero-order chi connectivity index (χ0) is 19.4. The third-order valence-electron chi connectivity index (χ3n) is 6.44. The van der Waals surface area contributed by atoms with Gasteiger partial charge in [0.1, 0.15) is 0 Å². The van der Waals surface area contributed by atoms with E-state index in [9.17, 15) is 14.4 Å². The molecule has 3 aliphatic rings. The summed E-state index contributed by atoms with van der Waals surface area (Å²) in [5.41, 5.74) is 0. The molecular weight excluding hydrogens is 344 g/mol. The van der Waals surface area contributed by atoms with Gasteiger partial charge in [-0.05, 0) is 39.3 Å². The summed E-state index contributed by atoms with van der Waals surface area (Å²) in [5, 5.41) is 0. The Bertz CT molecular complexity index is 551. The standard InChI is InChI=1S/C20H34N4O3/c1-3-18(25)20(27)22-9-6-17(7-10-22)24-8-4-5-16(15-24)19(26)23-13-11-21(2)12-14-23/h16-17H,3-15H2,1-2H3. The summed E-state index contributed by atoms with van der Waals surface area (Å²) in [5.74, 6) is -0.167.